The van der Waals surface area contributed by atoms with Gasteiger partial charge in [0.1, 0.15) is 5.41 Å². The summed E-state index contributed by atoms with van der Waals surface area (Å²) in [5, 5.41) is 14.1. The molecular weight excluding hydrogens is 354 g/mol. The monoisotopic (exact) mass is 373 g/mol. The molecule has 0 N–H and O–H groups in total. The number of rotatable bonds is 3. The van der Waals surface area contributed by atoms with Gasteiger partial charge in [0.05, 0.1) is 17.3 Å². The molecular formula is C21H19N5O2. The van der Waals surface area contributed by atoms with Gasteiger partial charge in [-0.15, -0.1) is 0 Å². The second kappa shape index (κ2) is 5.80. The first-order chi connectivity index (χ1) is 13.5. The van der Waals surface area contributed by atoms with E-state index in [1.807, 2.05) is 24.4 Å². The molecule has 2 fully saturated rings. The van der Waals surface area contributed by atoms with Crippen LogP contribution in [0.3, 0.4) is 0 Å². The highest BCUT2D eigenvalue weighted by molar-refractivity contribution is 6.05. The van der Waals surface area contributed by atoms with Crippen LogP contribution in [0.25, 0.3) is 16.6 Å². The zero-order valence-corrected chi connectivity index (χ0v) is 15.5. The Morgan fingerprint density at radius 3 is 2.75 bits per heavy atom. The first kappa shape index (κ1) is 16.8. The average molecular weight is 373 g/mol. The summed E-state index contributed by atoms with van der Waals surface area (Å²) in [4.78, 5) is 26.9. The number of carbonyl (C=O) groups excluding carboxylic acids is 1. The quantitative estimate of drug-likeness (QED) is 0.706. The van der Waals surface area contributed by atoms with E-state index < -0.39 is 5.41 Å². The van der Waals surface area contributed by atoms with Crippen LogP contribution < -0.4 is 10.5 Å². The van der Waals surface area contributed by atoms with Gasteiger partial charge in [-0.25, -0.2) is 4.52 Å². The Bertz CT molecular complexity index is 1210. The van der Waals surface area contributed by atoms with Gasteiger partial charge >= 0.3 is 0 Å². The molecule has 0 bridgehead atoms. The maximum atomic E-state index is 13.2. The molecule has 7 nitrogen and oxygen atoms in total. The van der Waals surface area contributed by atoms with Gasteiger partial charge in [-0.1, -0.05) is 0 Å². The summed E-state index contributed by atoms with van der Waals surface area (Å²) in [5.74, 6) is 0.0951. The van der Waals surface area contributed by atoms with E-state index in [1.54, 1.807) is 34.9 Å². The molecule has 3 aromatic rings. The van der Waals surface area contributed by atoms with Gasteiger partial charge in [-0.2, -0.15) is 10.4 Å². The Hall–Kier alpha value is -3.40. The minimum atomic E-state index is -0.874. The van der Waals surface area contributed by atoms with Gasteiger partial charge in [0, 0.05) is 43.8 Å². The van der Waals surface area contributed by atoms with Crippen LogP contribution >= 0.6 is 0 Å². The van der Waals surface area contributed by atoms with Gasteiger partial charge in [-0.05, 0) is 48.9 Å². The van der Waals surface area contributed by atoms with Gasteiger partial charge in [0.15, 0.2) is 0 Å². The molecule has 0 spiro atoms. The molecule has 2 aliphatic rings. The fourth-order valence-electron chi connectivity index (χ4n) is 4.23. The third-order valence-electron chi connectivity index (χ3n) is 6.05. The van der Waals surface area contributed by atoms with Crippen molar-refractivity contribution in [2.45, 2.75) is 19.3 Å². The number of hydrogen-bond acceptors (Lipinski definition) is 4. The van der Waals surface area contributed by atoms with Crippen molar-refractivity contribution in [2.24, 2.45) is 18.4 Å². The van der Waals surface area contributed by atoms with Gasteiger partial charge in [0.2, 0.25) is 5.91 Å². The lowest BCUT2D eigenvalue weighted by Crippen LogP contribution is -2.35. The molecule has 1 aliphatic heterocycles. The molecule has 4 heterocycles. The minimum absolute atomic E-state index is 0.0844. The van der Waals surface area contributed by atoms with E-state index in [0.717, 1.165) is 35.2 Å². The minimum Gasteiger partial charge on any atom is -0.319 e. The number of amides is 1. The molecule has 140 valence electrons. The second-order valence-corrected chi connectivity index (χ2v) is 7.70. The number of pyridine rings is 1. The summed E-state index contributed by atoms with van der Waals surface area (Å²) in [7, 11) is 1.71. The first-order valence-corrected chi connectivity index (χ1v) is 9.41. The molecule has 7 heteroatoms. The summed E-state index contributed by atoms with van der Waals surface area (Å²) in [6.45, 7) is 0.537. The summed E-state index contributed by atoms with van der Waals surface area (Å²) in [5.41, 5.74) is 2.25. The third-order valence-corrected chi connectivity index (χ3v) is 6.05. The molecule has 1 aliphatic carbocycles. The van der Waals surface area contributed by atoms with Crippen LogP contribution in [0, 0.1) is 22.7 Å². The third kappa shape index (κ3) is 2.31. The Labute approximate surface area is 161 Å². The predicted molar refractivity (Wildman–Crippen MR) is 104 cm³/mol. The van der Waals surface area contributed by atoms with Crippen molar-refractivity contribution in [2.75, 3.05) is 11.4 Å². The molecule has 3 aromatic heterocycles. The van der Waals surface area contributed by atoms with Crippen LogP contribution in [0.2, 0.25) is 0 Å². The molecule has 1 atom stereocenters. The first-order valence-electron chi connectivity index (χ1n) is 9.41. The largest absolute Gasteiger partial charge is 0.319 e. The fourth-order valence-corrected chi connectivity index (χ4v) is 4.23. The van der Waals surface area contributed by atoms with Crippen LogP contribution in [0.5, 0.6) is 0 Å². The van der Waals surface area contributed by atoms with Crippen LogP contribution in [-0.2, 0) is 11.8 Å². The summed E-state index contributed by atoms with van der Waals surface area (Å²) < 4.78 is 3.24. The van der Waals surface area contributed by atoms with E-state index in [4.69, 9.17) is 0 Å². The standard InChI is InChI=1S/C21H19N5O2/c1-24-8-5-14(11-19(24)27)15-10-18-17(4-7-23-26(18)12-15)25-9-6-21(13-22,20(25)28)16-2-3-16/h4-5,7-8,10-12,16H,2-3,6,9H2,1H3/t21-/m1/s1. The Morgan fingerprint density at radius 2 is 2.04 bits per heavy atom. The maximum absolute atomic E-state index is 13.2. The number of anilines is 1. The number of aromatic nitrogens is 3. The molecule has 1 saturated carbocycles. The summed E-state index contributed by atoms with van der Waals surface area (Å²) in [6, 6.07) is 9.55. The van der Waals surface area contributed by atoms with E-state index in [0.29, 0.717) is 13.0 Å². The topological polar surface area (TPSA) is 83.4 Å². The number of nitrogens with zero attached hydrogens (tertiary/aromatic N) is 5. The van der Waals surface area contributed by atoms with Crippen LogP contribution in [0.15, 0.2) is 47.7 Å². The smallest absolute Gasteiger partial charge is 0.250 e. The molecule has 0 radical (unpaired) electrons. The SMILES string of the molecule is Cn1ccc(-c2cc3c(N4CC[C@@](C#N)(C5CC5)C4=O)ccnn3c2)cc1=O. The van der Waals surface area contributed by atoms with Gasteiger partial charge < -0.3 is 9.47 Å². The van der Waals surface area contributed by atoms with E-state index in [2.05, 4.69) is 11.2 Å². The highest BCUT2D eigenvalue weighted by Gasteiger charge is 2.56. The van der Waals surface area contributed by atoms with Crippen molar-refractivity contribution in [1.82, 2.24) is 14.2 Å². The lowest BCUT2D eigenvalue weighted by molar-refractivity contribution is -0.123. The molecule has 28 heavy (non-hydrogen) atoms. The Morgan fingerprint density at radius 1 is 1.21 bits per heavy atom. The molecule has 0 aromatic carbocycles. The lowest BCUT2D eigenvalue weighted by Gasteiger charge is -2.21. The molecule has 1 amide bonds. The number of nitriles is 1. The van der Waals surface area contributed by atoms with E-state index in [-0.39, 0.29) is 17.4 Å². The van der Waals surface area contributed by atoms with Crippen molar-refractivity contribution in [1.29, 1.82) is 5.26 Å². The van der Waals surface area contributed by atoms with E-state index >= 15 is 0 Å². The molecule has 0 unspecified atom stereocenters. The van der Waals surface area contributed by atoms with Crippen molar-refractivity contribution in [3.05, 3.63) is 53.2 Å². The maximum Gasteiger partial charge on any atom is 0.250 e. The Balaban J connectivity index is 1.59. The summed E-state index contributed by atoms with van der Waals surface area (Å²) >= 11 is 0. The van der Waals surface area contributed by atoms with Crippen molar-refractivity contribution in [3.8, 4) is 17.2 Å². The zero-order chi connectivity index (χ0) is 19.5. The lowest BCUT2D eigenvalue weighted by atomic mass is 9.83. The van der Waals surface area contributed by atoms with Crippen LogP contribution in [0.1, 0.15) is 19.3 Å². The number of hydrogen-bond donors (Lipinski definition) is 0. The summed E-state index contributed by atoms with van der Waals surface area (Å²) in [6.07, 6.45) is 7.73. The van der Waals surface area contributed by atoms with Crippen LogP contribution in [0.4, 0.5) is 5.69 Å². The molecule has 1 saturated heterocycles. The zero-order valence-electron chi connectivity index (χ0n) is 15.5. The average Bonchev–Trinajstić information content (AvgIpc) is 3.37. The van der Waals surface area contributed by atoms with Gasteiger partial charge in [-0.3, -0.25) is 9.59 Å². The highest BCUT2D eigenvalue weighted by atomic mass is 16.2. The van der Waals surface area contributed by atoms with E-state index in [1.165, 1.54) is 4.57 Å². The van der Waals surface area contributed by atoms with E-state index in [9.17, 15) is 14.9 Å². The van der Waals surface area contributed by atoms with Crippen molar-refractivity contribution in [3.63, 3.8) is 0 Å². The number of aryl methyl sites for hydroxylation is 1. The normalized spacial score (nSPS) is 22.0. The van der Waals surface area contributed by atoms with Gasteiger partial charge in [0.25, 0.3) is 5.56 Å². The van der Waals surface area contributed by atoms with Crippen molar-refractivity contribution < 1.29 is 4.79 Å². The number of carbonyl (C=O) groups is 1. The predicted octanol–water partition coefficient (Wildman–Crippen LogP) is 2.36. The second-order valence-electron chi connectivity index (χ2n) is 7.70. The highest BCUT2D eigenvalue weighted by Crippen LogP contribution is 2.52. The van der Waals surface area contributed by atoms with Crippen molar-refractivity contribution >= 4 is 17.1 Å². The molecule has 5 rings (SSSR count). The Kier molecular flexibility index (Phi) is 3.47. The number of fused-ring (bicyclic) bond motifs is 1. The van der Waals surface area contributed by atoms with Crippen LogP contribution in [-0.4, -0.2) is 26.6 Å². The fraction of sp³-hybridized carbons (Fsp3) is 0.333.